The van der Waals surface area contributed by atoms with Crippen molar-refractivity contribution in [3.05, 3.63) is 45.4 Å². The van der Waals surface area contributed by atoms with Crippen LogP contribution in [-0.2, 0) is 24.1 Å². The van der Waals surface area contributed by atoms with Gasteiger partial charge in [-0.15, -0.1) is 21.5 Å². The smallest absolute Gasteiger partial charge is 0.383 e. The van der Waals surface area contributed by atoms with E-state index in [4.69, 9.17) is 11.5 Å². The quantitative estimate of drug-likeness (QED) is 0.525. The first-order valence-corrected chi connectivity index (χ1v) is 10.4. The molecule has 12 heteroatoms. The Balaban J connectivity index is 1.71. The Hall–Kier alpha value is -3.28. The monoisotopic (exact) mass is 466 g/mol. The van der Waals surface area contributed by atoms with Gasteiger partial charge in [-0.3, -0.25) is 9.59 Å². The highest BCUT2D eigenvalue weighted by Gasteiger charge is 2.30. The van der Waals surface area contributed by atoms with Gasteiger partial charge in [0.05, 0.1) is 12.8 Å². The molecule has 0 aliphatic carbocycles. The minimum atomic E-state index is -4.37. The number of alkyl halides is 3. The molecule has 4 N–H and O–H groups in total. The van der Waals surface area contributed by atoms with E-state index in [0.717, 1.165) is 11.3 Å². The number of hydrogen-bond acceptors (Lipinski definition) is 7. The van der Waals surface area contributed by atoms with Crippen molar-refractivity contribution in [3.8, 4) is 11.3 Å². The molecule has 2 aromatic heterocycles. The number of Topliss-reactive ketones (excluding diaryl/α,β-unsaturated/α-hetero) is 1. The first kappa shape index (κ1) is 23.4. The zero-order chi connectivity index (χ0) is 23.6. The Morgan fingerprint density at radius 2 is 1.72 bits per heavy atom. The van der Waals surface area contributed by atoms with Crippen molar-refractivity contribution in [2.75, 3.05) is 5.73 Å². The molecule has 0 spiro atoms. The van der Waals surface area contributed by atoms with E-state index in [1.165, 1.54) is 4.68 Å². The largest absolute Gasteiger partial charge is 0.395 e. The first-order chi connectivity index (χ1) is 14.9. The van der Waals surface area contributed by atoms with E-state index in [0.29, 0.717) is 16.8 Å². The standard InChI is InChI=1S/C20H21F3N6O2S/c1-10(2)29-18(24)16(19(25)31)17(28-29)12-5-3-11(4-6-12)7-13(30)8-14-26-27-15(32-14)9-20(21,22)23/h3-6,10H,7-9,24H2,1-2H3,(H2,25,31). The van der Waals surface area contributed by atoms with Gasteiger partial charge < -0.3 is 11.5 Å². The van der Waals surface area contributed by atoms with Gasteiger partial charge in [-0.25, -0.2) is 4.68 Å². The maximum atomic E-state index is 12.4. The Bertz CT molecular complexity index is 1140. The summed E-state index contributed by atoms with van der Waals surface area (Å²) in [5.74, 6) is -0.715. The lowest BCUT2D eigenvalue weighted by Crippen LogP contribution is -2.15. The van der Waals surface area contributed by atoms with Crippen LogP contribution in [0.5, 0.6) is 0 Å². The third-order valence-electron chi connectivity index (χ3n) is 4.52. The third kappa shape index (κ3) is 5.49. The van der Waals surface area contributed by atoms with E-state index in [1.54, 1.807) is 24.3 Å². The molecule has 0 aliphatic rings. The number of benzene rings is 1. The lowest BCUT2D eigenvalue weighted by atomic mass is 10.0. The normalized spacial score (nSPS) is 11.8. The van der Waals surface area contributed by atoms with Crippen LogP contribution in [0.4, 0.5) is 19.0 Å². The number of ketones is 1. The van der Waals surface area contributed by atoms with Crippen LogP contribution in [0, 0.1) is 0 Å². The molecule has 32 heavy (non-hydrogen) atoms. The van der Waals surface area contributed by atoms with E-state index < -0.39 is 18.5 Å². The van der Waals surface area contributed by atoms with Crippen LogP contribution in [0.2, 0.25) is 0 Å². The van der Waals surface area contributed by atoms with Gasteiger partial charge in [0.1, 0.15) is 32.9 Å². The molecular formula is C20H21F3N6O2S. The SMILES string of the molecule is CC(C)n1nc(-c2ccc(CC(=O)Cc3nnc(CC(F)(F)F)s3)cc2)c(C(N)=O)c1N. The summed E-state index contributed by atoms with van der Waals surface area (Å²) >= 11 is 0.779. The van der Waals surface area contributed by atoms with Crippen LogP contribution < -0.4 is 11.5 Å². The minimum absolute atomic E-state index is 0.0692. The van der Waals surface area contributed by atoms with Gasteiger partial charge in [0, 0.05) is 18.0 Å². The molecule has 2 heterocycles. The van der Waals surface area contributed by atoms with Gasteiger partial charge in [0.25, 0.3) is 5.91 Å². The molecule has 8 nitrogen and oxygen atoms in total. The van der Waals surface area contributed by atoms with Gasteiger partial charge in [0.2, 0.25) is 0 Å². The maximum Gasteiger partial charge on any atom is 0.395 e. The molecule has 0 fully saturated rings. The van der Waals surface area contributed by atoms with Crippen molar-refractivity contribution in [3.63, 3.8) is 0 Å². The molecule has 0 radical (unpaired) electrons. The van der Waals surface area contributed by atoms with Crippen molar-refractivity contribution in [1.82, 2.24) is 20.0 Å². The Morgan fingerprint density at radius 3 is 2.28 bits per heavy atom. The lowest BCUT2D eigenvalue weighted by Gasteiger charge is -2.06. The molecule has 170 valence electrons. The van der Waals surface area contributed by atoms with Crippen LogP contribution in [0.15, 0.2) is 24.3 Å². The number of anilines is 1. The number of carbonyl (C=O) groups excluding carboxylic acids is 2. The van der Waals surface area contributed by atoms with E-state index in [9.17, 15) is 22.8 Å². The highest BCUT2D eigenvalue weighted by atomic mass is 32.1. The summed E-state index contributed by atoms with van der Waals surface area (Å²) < 4.78 is 38.8. The number of nitrogens with two attached hydrogens (primary N) is 2. The summed E-state index contributed by atoms with van der Waals surface area (Å²) in [5, 5.41) is 11.6. The number of nitrogens with zero attached hydrogens (tertiary/aromatic N) is 4. The van der Waals surface area contributed by atoms with Gasteiger partial charge in [-0.05, 0) is 19.4 Å². The molecule has 0 atom stereocenters. The molecule has 0 aliphatic heterocycles. The number of halogens is 3. The number of aromatic nitrogens is 4. The van der Waals surface area contributed by atoms with Crippen LogP contribution in [0.25, 0.3) is 11.3 Å². The maximum absolute atomic E-state index is 12.4. The fourth-order valence-corrected chi connectivity index (χ4v) is 4.03. The zero-order valence-corrected chi connectivity index (χ0v) is 18.1. The summed E-state index contributed by atoms with van der Waals surface area (Å²) in [7, 11) is 0. The van der Waals surface area contributed by atoms with Crippen LogP contribution in [0.1, 0.15) is 45.8 Å². The molecule has 0 unspecified atom stereocenters. The van der Waals surface area contributed by atoms with Crippen LogP contribution in [-0.4, -0.2) is 37.8 Å². The van der Waals surface area contributed by atoms with Crippen LogP contribution >= 0.6 is 11.3 Å². The van der Waals surface area contributed by atoms with E-state index in [1.807, 2.05) is 13.8 Å². The predicted molar refractivity (Wildman–Crippen MR) is 113 cm³/mol. The zero-order valence-electron chi connectivity index (χ0n) is 17.3. The van der Waals surface area contributed by atoms with Crippen molar-refractivity contribution in [2.45, 2.75) is 45.3 Å². The molecule has 1 amide bonds. The second-order valence-electron chi connectivity index (χ2n) is 7.48. The van der Waals surface area contributed by atoms with E-state index in [-0.39, 0.29) is 46.1 Å². The second-order valence-corrected chi connectivity index (χ2v) is 8.63. The van der Waals surface area contributed by atoms with Gasteiger partial charge in [-0.2, -0.15) is 18.3 Å². The Kier molecular flexibility index (Phi) is 6.63. The Labute approximate surface area is 185 Å². The van der Waals surface area contributed by atoms with Crippen molar-refractivity contribution in [2.24, 2.45) is 5.73 Å². The number of rotatable bonds is 8. The fourth-order valence-electron chi connectivity index (χ4n) is 3.13. The second kappa shape index (κ2) is 9.07. The third-order valence-corrected chi connectivity index (χ3v) is 5.44. The lowest BCUT2D eigenvalue weighted by molar-refractivity contribution is -0.127. The summed E-state index contributed by atoms with van der Waals surface area (Å²) in [5.41, 5.74) is 13.3. The van der Waals surface area contributed by atoms with Crippen molar-refractivity contribution in [1.29, 1.82) is 0 Å². The summed E-state index contributed by atoms with van der Waals surface area (Å²) in [4.78, 5) is 24.2. The van der Waals surface area contributed by atoms with E-state index >= 15 is 0 Å². The number of carbonyl (C=O) groups is 2. The Morgan fingerprint density at radius 1 is 1.09 bits per heavy atom. The minimum Gasteiger partial charge on any atom is -0.383 e. The topological polar surface area (TPSA) is 130 Å². The highest BCUT2D eigenvalue weighted by molar-refractivity contribution is 7.11. The molecule has 0 saturated carbocycles. The highest BCUT2D eigenvalue weighted by Crippen LogP contribution is 2.29. The number of nitrogen functional groups attached to an aromatic ring is 1. The fraction of sp³-hybridized carbons (Fsp3) is 0.350. The molecule has 0 saturated heterocycles. The van der Waals surface area contributed by atoms with E-state index in [2.05, 4.69) is 15.3 Å². The summed E-state index contributed by atoms with van der Waals surface area (Å²) in [6.45, 7) is 3.74. The molecule has 0 bridgehead atoms. The van der Waals surface area contributed by atoms with Gasteiger partial charge in [0.15, 0.2) is 0 Å². The van der Waals surface area contributed by atoms with Gasteiger partial charge in [-0.1, -0.05) is 24.3 Å². The van der Waals surface area contributed by atoms with Crippen molar-refractivity contribution >= 4 is 28.8 Å². The molecule has 3 aromatic rings. The number of primary amides is 1. The van der Waals surface area contributed by atoms with Crippen molar-refractivity contribution < 1.29 is 22.8 Å². The average Bonchev–Trinajstić information content (AvgIpc) is 3.24. The molecule has 3 rings (SSSR count). The number of amides is 1. The number of hydrogen-bond donors (Lipinski definition) is 2. The average molecular weight is 466 g/mol. The predicted octanol–water partition coefficient (Wildman–Crippen LogP) is 3.12. The van der Waals surface area contributed by atoms with Crippen LogP contribution in [0.3, 0.4) is 0 Å². The van der Waals surface area contributed by atoms with Gasteiger partial charge >= 0.3 is 6.18 Å². The summed E-state index contributed by atoms with van der Waals surface area (Å²) in [6.07, 6.45) is -5.56. The summed E-state index contributed by atoms with van der Waals surface area (Å²) in [6, 6.07) is 6.74. The molecule has 1 aromatic carbocycles. The molecular weight excluding hydrogens is 445 g/mol. The first-order valence-electron chi connectivity index (χ1n) is 9.61.